The maximum Gasteiger partial charge on any atom is 0.407 e. The quantitative estimate of drug-likeness (QED) is 0.134. The summed E-state index contributed by atoms with van der Waals surface area (Å²) in [6.07, 6.45) is 7.43. The number of benzene rings is 2. The van der Waals surface area contributed by atoms with E-state index in [1.165, 1.54) is 14.2 Å². The van der Waals surface area contributed by atoms with Crippen LogP contribution in [0.25, 0.3) is 22.0 Å². The van der Waals surface area contributed by atoms with Gasteiger partial charge >= 0.3 is 12.2 Å². The normalized spacial score (nSPS) is 31.7. The zero-order valence-electron chi connectivity index (χ0n) is 38.4. The van der Waals surface area contributed by atoms with E-state index in [1.54, 1.807) is 6.20 Å². The van der Waals surface area contributed by atoms with Gasteiger partial charge in [-0.25, -0.2) is 19.6 Å². The van der Waals surface area contributed by atoms with Gasteiger partial charge < -0.3 is 49.3 Å². The van der Waals surface area contributed by atoms with Crippen molar-refractivity contribution in [1.29, 1.82) is 0 Å². The van der Waals surface area contributed by atoms with Crippen molar-refractivity contribution < 1.29 is 38.1 Å². The highest BCUT2D eigenvalue weighted by Crippen LogP contribution is 2.55. The molecule has 66 heavy (non-hydrogen) atoms. The number of aromatic nitrogens is 4. The van der Waals surface area contributed by atoms with Crippen LogP contribution in [0.3, 0.4) is 0 Å². The average Bonchev–Trinajstić information content (AvgIpc) is 3.89. The van der Waals surface area contributed by atoms with Gasteiger partial charge in [0.2, 0.25) is 5.91 Å². The third-order valence-corrected chi connectivity index (χ3v) is 14.8. The van der Waals surface area contributed by atoms with E-state index in [0.717, 1.165) is 59.1 Å². The van der Waals surface area contributed by atoms with E-state index in [1.807, 2.05) is 49.8 Å². The number of carbonyl (C=O) groups excluding carboxylic acids is 4. The van der Waals surface area contributed by atoms with Crippen LogP contribution in [-0.4, -0.2) is 117 Å². The van der Waals surface area contributed by atoms with Crippen molar-refractivity contribution >= 4 is 34.8 Å². The minimum absolute atomic E-state index is 0.0168. The van der Waals surface area contributed by atoms with Crippen molar-refractivity contribution in [2.24, 2.45) is 23.7 Å². The monoisotopic (exact) mass is 900 g/mol. The van der Waals surface area contributed by atoms with Crippen LogP contribution in [0.2, 0.25) is 0 Å². The zero-order chi connectivity index (χ0) is 46.0. The van der Waals surface area contributed by atoms with Gasteiger partial charge in [-0.3, -0.25) is 9.59 Å². The predicted molar refractivity (Wildman–Crippen MR) is 242 cm³/mol. The Morgan fingerprint density at radius 3 is 1.95 bits per heavy atom. The molecule has 6 aliphatic rings. The van der Waals surface area contributed by atoms with Crippen LogP contribution in [-0.2, 0) is 28.5 Å². The largest absolute Gasteiger partial charge is 0.453 e. The molecule has 0 unspecified atom stereocenters. The Labute approximate surface area is 384 Å². The number of hydrogen-bond donors (Lipinski definition) is 4. The molecular formula is C50H60N8O8. The molecule has 0 radical (unpaired) electrons. The van der Waals surface area contributed by atoms with Crippen molar-refractivity contribution in [2.75, 3.05) is 14.2 Å². The first-order valence-corrected chi connectivity index (χ1v) is 23.7. The number of likely N-dealkylation sites (tertiary alicyclic amines) is 2. The maximum absolute atomic E-state index is 14.5. The van der Waals surface area contributed by atoms with Gasteiger partial charge in [0.1, 0.15) is 23.4 Å². The van der Waals surface area contributed by atoms with E-state index in [0.29, 0.717) is 49.0 Å². The van der Waals surface area contributed by atoms with Crippen LogP contribution in [0.4, 0.5) is 9.59 Å². The second kappa shape index (κ2) is 17.7. The molecule has 4 saturated heterocycles. The van der Waals surface area contributed by atoms with Gasteiger partial charge in [-0.15, -0.1) is 0 Å². The highest BCUT2D eigenvalue weighted by Gasteiger charge is 2.58. The first kappa shape index (κ1) is 43.9. The van der Waals surface area contributed by atoms with Crippen LogP contribution in [0.15, 0.2) is 48.8 Å². The van der Waals surface area contributed by atoms with Crippen molar-refractivity contribution in [3.8, 4) is 23.1 Å². The average molecular weight is 901 g/mol. The van der Waals surface area contributed by atoms with Gasteiger partial charge in [-0.2, -0.15) is 0 Å². The number of nitrogens with zero attached hydrogens (tertiary/aromatic N) is 4. The van der Waals surface area contributed by atoms with Gasteiger partial charge in [-0.05, 0) is 132 Å². The Hall–Kier alpha value is -5.92. The number of alkyl carbamates (subject to hydrolysis) is 2. The van der Waals surface area contributed by atoms with E-state index < -0.39 is 24.3 Å². The molecular weight excluding hydrogens is 841 g/mol. The Kier molecular flexibility index (Phi) is 11.8. The lowest BCUT2D eigenvalue weighted by Gasteiger charge is -2.38. The fraction of sp³-hybridized carbons (Fsp3) is 0.560. The summed E-state index contributed by atoms with van der Waals surface area (Å²) in [4.78, 5) is 74.2. The summed E-state index contributed by atoms with van der Waals surface area (Å²) in [5, 5.41) is 7.49. The molecule has 0 spiro atoms. The van der Waals surface area contributed by atoms with Crippen LogP contribution in [0.5, 0.6) is 0 Å². The molecule has 6 fully saturated rings. The second-order valence-electron chi connectivity index (χ2n) is 19.7. The SMILES string of the molecule is CNC(=O)O[C@H](C(=O)N1[C@@H]2C[C@@H]2C[C@H]1c1ncc(C#Cc2ccc3cc(-c4cnc([C@@H]5C[C@H]6C[C@H]6N5C(=O)[C@@H](NC(=O)OC)C5C[C@H](C)O[C@@H](C)C5)[nH]4)ccc3c2)[nH]1)C1C[C@H](C)O[C@@H](C)C1. The molecule has 16 nitrogen and oxygen atoms in total. The molecule has 4 aliphatic heterocycles. The topological polar surface area (TPSA) is 193 Å². The molecule has 2 aliphatic carbocycles. The van der Waals surface area contributed by atoms with Gasteiger partial charge in [-0.1, -0.05) is 24.1 Å². The first-order valence-electron chi connectivity index (χ1n) is 23.7. The highest BCUT2D eigenvalue weighted by molar-refractivity contribution is 5.89. The number of piperidine rings is 2. The second-order valence-corrected chi connectivity index (χ2v) is 19.7. The van der Waals surface area contributed by atoms with E-state index in [-0.39, 0.29) is 72.2 Å². The number of aromatic amines is 2. The van der Waals surface area contributed by atoms with E-state index in [9.17, 15) is 19.2 Å². The molecule has 4 aromatic rings. The maximum atomic E-state index is 14.5. The molecule has 2 aromatic heterocycles. The number of imidazole rings is 2. The third kappa shape index (κ3) is 8.75. The predicted octanol–water partition coefficient (Wildman–Crippen LogP) is 6.53. The highest BCUT2D eigenvalue weighted by atomic mass is 16.6. The van der Waals surface area contributed by atoms with Crippen molar-refractivity contribution in [3.05, 3.63) is 71.7 Å². The molecule has 6 heterocycles. The fourth-order valence-corrected chi connectivity index (χ4v) is 11.7. The number of methoxy groups -OCH3 is 1. The summed E-state index contributed by atoms with van der Waals surface area (Å²) in [5.41, 5.74) is 3.33. The Bertz CT molecular complexity index is 2560. The van der Waals surface area contributed by atoms with Crippen LogP contribution in [0, 0.1) is 35.5 Å². The Balaban J connectivity index is 0.822. The molecule has 16 heteroatoms. The molecule has 4 amide bonds. The number of rotatable bonds is 9. The zero-order valence-corrected chi connectivity index (χ0v) is 38.4. The van der Waals surface area contributed by atoms with Crippen LogP contribution < -0.4 is 10.6 Å². The fourth-order valence-electron chi connectivity index (χ4n) is 11.7. The van der Waals surface area contributed by atoms with Gasteiger partial charge in [0.25, 0.3) is 5.91 Å². The molecule has 348 valence electrons. The summed E-state index contributed by atoms with van der Waals surface area (Å²) in [7, 11) is 2.83. The number of H-pyrrole nitrogens is 2. The summed E-state index contributed by atoms with van der Waals surface area (Å²) in [6, 6.07) is 11.4. The van der Waals surface area contributed by atoms with Crippen LogP contribution >= 0.6 is 0 Å². The molecule has 2 saturated carbocycles. The molecule has 4 N–H and O–H groups in total. The van der Waals surface area contributed by atoms with Crippen molar-refractivity contribution in [1.82, 2.24) is 40.4 Å². The van der Waals surface area contributed by atoms with Crippen molar-refractivity contribution in [2.45, 2.75) is 140 Å². The smallest absolute Gasteiger partial charge is 0.407 e. The summed E-state index contributed by atoms with van der Waals surface area (Å²) < 4.78 is 22.7. The standard InChI is InChI=1S/C50H60N8O8/c1-25-13-35(14-26(2)64-25)43(56-50(62)63-6)47(59)57-39-19-33(39)22-42(57)46-53-24-38(55-46)32-11-10-30-17-29(7-9-31(30)18-32)8-12-37-23-52-45(54-37)41-21-34-20-40(34)58(41)48(60)44(66-49(61)51-5)36-15-27(3)65-28(4)16-36/h7,9-11,17-18,23-28,33-36,39-44H,13-16,19-22H2,1-6H3,(H,51,61)(H,52,54)(H,53,55)(H,56,62)/t25-,26-,27-,28-,33+,34+,39+,40+,41-,42-,43-,44-/m0/s1. The van der Waals surface area contributed by atoms with Gasteiger partial charge in [0.15, 0.2) is 6.10 Å². The van der Waals surface area contributed by atoms with E-state index in [4.69, 9.17) is 28.9 Å². The lowest BCUT2D eigenvalue weighted by molar-refractivity contribution is -0.151. The summed E-state index contributed by atoms with van der Waals surface area (Å²) in [6.45, 7) is 8.02. The summed E-state index contributed by atoms with van der Waals surface area (Å²) in [5.74, 6) is 8.29. The number of carbonyl (C=O) groups is 4. The molecule has 0 bridgehead atoms. The number of ether oxygens (including phenoxy) is 4. The summed E-state index contributed by atoms with van der Waals surface area (Å²) >= 11 is 0. The van der Waals surface area contributed by atoms with Crippen molar-refractivity contribution in [3.63, 3.8) is 0 Å². The minimum atomic E-state index is -0.908. The lowest BCUT2D eigenvalue weighted by atomic mass is 9.85. The van der Waals surface area contributed by atoms with Gasteiger partial charge in [0.05, 0.1) is 61.7 Å². The van der Waals surface area contributed by atoms with E-state index >= 15 is 0 Å². The van der Waals surface area contributed by atoms with Crippen LogP contribution in [0.1, 0.15) is 114 Å². The Morgan fingerprint density at radius 1 is 0.712 bits per heavy atom. The number of amides is 4. The third-order valence-electron chi connectivity index (χ3n) is 14.8. The minimum Gasteiger partial charge on any atom is -0.453 e. The Morgan fingerprint density at radius 2 is 1.30 bits per heavy atom. The van der Waals surface area contributed by atoms with Gasteiger partial charge in [0, 0.05) is 36.2 Å². The number of nitrogens with one attached hydrogen (secondary N) is 4. The number of fused-ring (bicyclic) bond motifs is 3. The molecule has 12 atom stereocenters. The first-order chi connectivity index (χ1) is 31.8. The number of hydrogen-bond acceptors (Lipinski definition) is 10. The molecule has 2 aromatic carbocycles. The molecule has 10 rings (SSSR count). The van der Waals surface area contributed by atoms with E-state index in [2.05, 4.69) is 62.8 Å². The lowest BCUT2D eigenvalue weighted by Crippen LogP contribution is -2.55.